The lowest BCUT2D eigenvalue weighted by atomic mass is 10.1. The number of amides is 5. The predicted octanol–water partition coefficient (Wildman–Crippen LogP) is 5.00. The molecule has 3 aromatic carbocycles. The monoisotopic (exact) mass is 669 g/mol. The number of rotatable bonds is 9. The summed E-state index contributed by atoms with van der Waals surface area (Å²) >= 11 is 2.03. The van der Waals surface area contributed by atoms with Crippen molar-refractivity contribution >= 4 is 63.8 Å². The number of nitrogens with one attached hydrogen (secondary N) is 2. The van der Waals surface area contributed by atoms with Crippen LogP contribution < -0.4 is 29.7 Å². The van der Waals surface area contributed by atoms with Gasteiger partial charge in [-0.25, -0.2) is 9.69 Å². The minimum atomic E-state index is -0.852. The third-order valence-electron chi connectivity index (χ3n) is 6.21. The number of hydrogen-bond acceptors (Lipinski definition) is 7. The summed E-state index contributed by atoms with van der Waals surface area (Å²) in [5.41, 5.74) is 3.36. The Labute approximate surface area is 250 Å². The first-order valence-electron chi connectivity index (χ1n) is 12.6. The SMILES string of the molecule is CCOc1cc(/C=C2\C(=O)NC(=O)N(c3ccc(OC)cc3)C2=O)cc(I)c1OCC(=O)Nc1ccc(C)c(C)c1. The summed E-state index contributed by atoms with van der Waals surface area (Å²) in [5, 5.41) is 5.02. The minimum absolute atomic E-state index is 0.236. The van der Waals surface area contributed by atoms with Gasteiger partial charge >= 0.3 is 6.03 Å². The number of barbiturate groups is 1. The first-order chi connectivity index (χ1) is 19.6. The van der Waals surface area contributed by atoms with Crippen LogP contribution in [0.25, 0.3) is 6.08 Å². The van der Waals surface area contributed by atoms with Gasteiger partial charge < -0.3 is 19.5 Å². The van der Waals surface area contributed by atoms with Crippen LogP contribution in [0.3, 0.4) is 0 Å². The zero-order valence-electron chi connectivity index (χ0n) is 22.9. The number of carbonyl (C=O) groups excluding carboxylic acids is 4. The molecule has 2 N–H and O–H groups in total. The van der Waals surface area contributed by atoms with Gasteiger partial charge in [0.2, 0.25) is 0 Å². The molecule has 1 aliphatic heterocycles. The average Bonchev–Trinajstić information content (AvgIpc) is 2.93. The van der Waals surface area contributed by atoms with E-state index in [1.807, 2.05) is 54.6 Å². The molecule has 4 rings (SSSR count). The van der Waals surface area contributed by atoms with E-state index in [2.05, 4.69) is 10.6 Å². The Morgan fingerprint density at radius 2 is 1.73 bits per heavy atom. The second-order valence-corrected chi connectivity index (χ2v) is 10.2. The number of carbonyl (C=O) groups is 4. The summed E-state index contributed by atoms with van der Waals surface area (Å²) in [6.45, 7) is 5.80. The number of ether oxygens (including phenoxy) is 3. The van der Waals surface area contributed by atoms with E-state index in [0.29, 0.717) is 38.7 Å². The van der Waals surface area contributed by atoms with Crippen molar-refractivity contribution in [2.24, 2.45) is 0 Å². The van der Waals surface area contributed by atoms with Gasteiger partial charge in [0.15, 0.2) is 18.1 Å². The van der Waals surface area contributed by atoms with Crippen LogP contribution >= 0.6 is 22.6 Å². The van der Waals surface area contributed by atoms with Crippen molar-refractivity contribution in [1.82, 2.24) is 5.32 Å². The molecule has 0 radical (unpaired) electrons. The first-order valence-corrected chi connectivity index (χ1v) is 13.7. The second-order valence-electron chi connectivity index (χ2n) is 9.05. The van der Waals surface area contributed by atoms with Crippen LogP contribution in [0.5, 0.6) is 17.2 Å². The van der Waals surface area contributed by atoms with Crippen LogP contribution in [0.2, 0.25) is 0 Å². The normalized spacial score (nSPS) is 14.1. The smallest absolute Gasteiger partial charge is 0.335 e. The van der Waals surface area contributed by atoms with Gasteiger partial charge in [0, 0.05) is 5.69 Å². The molecule has 0 aliphatic carbocycles. The Hall–Kier alpha value is -4.39. The van der Waals surface area contributed by atoms with E-state index < -0.39 is 17.8 Å². The van der Waals surface area contributed by atoms with Crippen LogP contribution in [0.15, 0.2) is 60.2 Å². The number of urea groups is 1. The van der Waals surface area contributed by atoms with Crippen molar-refractivity contribution in [3.05, 3.63) is 80.4 Å². The molecule has 0 spiro atoms. The highest BCUT2D eigenvalue weighted by Crippen LogP contribution is 2.35. The van der Waals surface area contributed by atoms with Crippen LogP contribution in [-0.2, 0) is 14.4 Å². The predicted molar refractivity (Wildman–Crippen MR) is 162 cm³/mol. The van der Waals surface area contributed by atoms with Crippen LogP contribution in [0.4, 0.5) is 16.2 Å². The topological polar surface area (TPSA) is 123 Å². The molecule has 212 valence electrons. The average molecular weight is 669 g/mol. The molecule has 0 bridgehead atoms. The molecule has 1 heterocycles. The van der Waals surface area contributed by atoms with Crippen molar-refractivity contribution in [2.75, 3.05) is 30.5 Å². The number of aryl methyl sites for hydroxylation is 2. The summed E-state index contributed by atoms with van der Waals surface area (Å²) in [5.74, 6) is -0.712. The van der Waals surface area contributed by atoms with Crippen molar-refractivity contribution in [3.63, 3.8) is 0 Å². The van der Waals surface area contributed by atoms with Crippen LogP contribution in [-0.4, -0.2) is 44.1 Å². The number of imide groups is 2. The fourth-order valence-electron chi connectivity index (χ4n) is 4.02. The zero-order chi connectivity index (χ0) is 29.7. The first kappa shape index (κ1) is 29.6. The van der Waals surface area contributed by atoms with Crippen LogP contribution in [0, 0.1) is 17.4 Å². The number of hydrogen-bond donors (Lipinski definition) is 2. The molecular formula is C30H28IN3O7. The maximum absolute atomic E-state index is 13.3. The summed E-state index contributed by atoms with van der Waals surface area (Å²) in [4.78, 5) is 51.9. The Kier molecular flexibility index (Phi) is 9.28. The molecular weight excluding hydrogens is 641 g/mol. The summed E-state index contributed by atoms with van der Waals surface area (Å²) in [6, 6.07) is 14.4. The van der Waals surface area contributed by atoms with Gasteiger partial charge in [-0.05, 0) is 115 Å². The lowest BCUT2D eigenvalue weighted by molar-refractivity contribution is -0.122. The lowest BCUT2D eigenvalue weighted by Crippen LogP contribution is -2.54. The molecule has 1 fully saturated rings. The highest BCUT2D eigenvalue weighted by molar-refractivity contribution is 14.1. The van der Waals surface area contributed by atoms with E-state index >= 15 is 0 Å². The number of anilines is 2. The molecule has 5 amide bonds. The van der Waals surface area contributed by atoms with Gasteiger partial charge in [0.1, 0.15) is 11.3 Å². The van der Waals surface area contributed by atoms with E-state index in [1.54, 1.807) is 43.3 Å². The molecule has 0 aromatic heterocycles. The maximum atomic E-state index is 13.3. The zero-order valence-corrected chi connectivity index (χ0v) is 25.0. The van der Waals surface area contributed by atoms with E-state index in [9.17, 15) is 19.2 Å². The molecule has 41 heavy (non-hydrogen) atoms. The van der Waals surface area contributed by atoms with Crippen molar-refractivity contribution < 1.29 is 33.4 Å². The quantitative estimate of drug-likeness (QED) is 0.187. The summed E-state index contributed by atoms with van der Waals surface area (Å²) in [7, 11) is 1.50. The van der Waals surface area contributed by atoms with Gasteiger partial charge in [-0.2, -0.15) is 0 Å². The molecule has 3 aromatic rings. The molecule has 0 atom stereocenters. The fourth-order valence-corrected chi connectivity index (χ4v) is 4.80. The van der Waals surface area contributed by atoms with E-state index in [1.165, 1.54) is 13.2 Å². The Morgan fingerprint density at radius 1 is 1.00 bits per heavy atom. The van der Waals surface area contributed by atoms with E-state index in [-0.39, 0.29) is 23.8 Å². The molecule has 11 heteroatoms. The van der Waals surface area contributed by atoms with Crippen molar-refractivity contribution in [1.29, 1.82) is 0 Å². The molecule has 1 aliphatic rings. The highest BCUT2D eigenvalue weighted by Gasteiger charge is 2.37. The standard InChI is InChI=1S/C30H28IN3O7/c1-5-40-25-15-19(14-24(31)27(25)41-16-26(35)32-20-7-6-17(2)18(3)12-20)13-23-28(36)33-30(38)34(29(23)37)21-8-10-22(39-4)11-9-21/h6-15H,5,16H2,1-4H3,(H,32,35)(H,33,36,38)/b23-13+. The van der Waals surface area contributed by atoms with Gasteiger partial charge in [-0.15, -0.1) is 0 Å². The third-order valence-corrected chi connectivity index (χ3v) is 7.01. The largest absolute Gasteiger partial charge is 0.497 e. The number of benzene rings is 3. The number of nitrogens with zero attached hydrogens (tertiary/aromatic N) is 1. The van der Waals surface area contributed by atoms with Crippen molar-refractivity contribution in [2.45, 2.75) is 20.8 Å². The molecule has 1 saturated heterocycles. The lowest BCUT2D eigenvalue weighted by Gasteiger charge is -2.26. The molecule has 10 nitrogen and oxygen atoms in total. The van der Waals surface area contributed by atoms with Gasteiger partial charge in [-0.3, -0.25) is 19.7 Å². The summed E-state index contributed by atoms with van der Waals surface area (Å²) in [6.07, 6.45) is 1.38. The molecule has 0 unspecified atom stereocenters. The van der Waals surface area contributed by atoms with Gasteiger partial charge in [0.05, 0.1) is 23.0 Å². The van der Waals surface area contributed by atoms with Gasteiger partial charge in [0.25, 0.3) is 17.7 Å². The maximum Gasteiger partial charge on any atom is 0.335 e. The van der Waals surface area contributed by atoms with E-state index in [0.717, 1.165) is 16.0 Å². The molecule has 0 saturated carbocycles. The summed E-state index contributed by atoms with van der Waals surface area (Å²) < 4.78 is 17.3. The third kappa shape index (κ3) is 6.85. The number of halogens is 1. The van der Waals surface area contributed by atoms with Crippen LogP contribution in [0.1, 0.15) is 23.6 Å². The number of methoxy groups -OCH3 is 1. The highest BCUT2D eigenvalue weighted by atomic mass is 127. The second kappa shape index (κ2) is 12.9. The fraction of sp³-hybridized carbons (Fsp3) is 0.200. The Balaban J connectivity index is 1.56. The van der Waals surface area contributed by atoms with Crippen molar-refractivity contribution in [3.8, 4) is 17.2 Å². The Bertz CT molecular complexity index is 1550. The van der Waals surface area contributed by atoms with Gasteiger partial charge in [-0.1, -0.05) is 6.07 Å². The van der Waals surface area contributed by atoms with E-state index in [4.69, 9.17) is 14.2 Å². The Morgan fingerprint density at radius 3 is 2.39 bits per heavy atom. The minimum Gasteiger partial charge on any atom is -0.497 e.